The standard InChI is InChI=1S/C16H23FN4O/c1-10-6-11(7-18)9-21(10)16(22)14-8-19-20-15(14)12-2-4-13(17)5-3-12/h2-5,10-11,14-15,19-20H,6-9,18H2,1H3. The Kier molecular flexibility index (Phi) is 4.42. The molecular weight excluding hydrogens is 283 g/mol. The highest BCUT2D eigenvalue weighted by molar-refractivity contribution is 5.81. The van der Waals surface area contributed by atoms with Crippen LogP contribution in [0.3, 0.4) is 0 Å². The molecule has 4 atom stereocenters. The lowest BCUT2D eigenvalue weighted by atomic mass is 9.93. The molecule has 6 heteroatoms. The van der Waals surface area contributed by atoms with Crippen LogP contribution in [-0.4, -0.2) is 36.5 Å². The number of nitrogens with zero attached hydrogens (tertiary/aromatic N) is 1. The highest BCUT2D eigenvalue weighted by Gasteiger charge is 2.40. The van der Waals surface area contributed by atoms with Crippen LogP contribution in [0.2, 0.25) is 0 Å². The first kappa shape index (κ1) is 15.4. The molecule has 1 amide bonds. The number of carbonyl (C=O) groups excluding carboxylic acids is 1. The summed E-state index contributed by atoms with van der Waals surface area (Å²) in [5, 5.41) is 0. The number of carbonyl (C=O) groups is 1. The zero-order valence-electron chi connectivity index (χ0n) is 12.8. The number of halogens is 1. The highest BCUT2D eigenvalue weighted by atomic mass is 19.1. The normalized spacial score (nSPS) is 31.7. The average Bonchev–Trinajstić information content (AvgIpc) is 3.14. The zero-order chi connectivity index (χ0) is 15.7. The smallest absolute Gasteiger partial charge is 0.229 e. The third-order valence-corrected chi connectivity index (χ3v) is 4.81. The first-order chi connectivity index (χ1) is 10.6. The summed E-state index contributed by atoms with van der Waals surface area (Å²) in [6.07, 6.45) is 0.969. The van der Waals surface area contributed by atoms with Gasteiger partial charge in [-0.05, 0) is 43.5 Å². The van der Waals surface area contributed by atoms with Gasteiger partial charge in [0.25, 0.3) is 0 Å². The maximum Gasteiger partial charge on any atom is 0.229 e. The van der Waals surface area contributed by atoms with Crippen molar-refractivity contribution in [3.05, 3.63) is 35.6 Å². The van der Waals surface area contributed by atoms with E-state index in [0.717, 1.165) is 18.5 Å². The number of hydrogen-bond acceptors (Lipinski definition) is 4. The number of hydrazine groups is 1. The van der Waals surface area contributed by atoms with Gasteiger partial charge in [0.1, 0.15) is 5.82 Å². The largest absolute Gasteiger partial charge is 0.339 e. The molecule has 22 heavy (non-hydrogen) atoms. The lowest BCUT2D eigenvalue weighted by Gasteiger charge is -2.27. The number of hydrogen-bond donors (Lipinski definition) is 3. The van der Waals surface area contributed by atoms with Crippen LogP contribution in [-0.2, 0) is 4.79 Å². The monoisotopic (exact) mass is 306 g/mol. The van der Waals surface area contributed by atoms with E-state index in [1.807, 2.05) is 4.90 Å². The minimum Gasteiger partial charge on any atom is -0.339 e. The molecule has 2 aliphatic rings. The minimum absolute atomic E-state index is 0.128. The maximum absolute atomic E-state index is 13.1. The predicted molar refractivity (Wildman–Crippen MR) is 82.1 cm³/mol. The number of nitrogens with two attached hydrogens (primary N) is 1. The van der Waals surface area contributed by atoms with Crippen LogP contribution >= 0.6 is 0 Å². The van der Waals surface area contributed by atoms with E-state index in [9.17, 15) is 9.18 Å². The molecule has 0 spiro atoms. The molecule has 0 aliphatic carbocycles. The second kappa shape index (κ2) is 6.32. The molecule has 0 bridgehead atoms. The van der Waals surface area contributed by atoms with Crippen molar-refractivity contribution in [3.8, 4) is 0 Å². The Bertz CT molecular complexity index is 535. The third kappa shape index (κ3) is 2.86. The van der Waals surface area contributed by atoms with E-state index < -0.39 is 0 Å². The summed E-state index contributed by atoms with van der Waals surface area (Å²) >= 11 is 0. The summed E-state index contributed by atoms with van der Waals surface area (Å²) in [4.78, 5) is 14.9. The Labute approximate surface area is 130 Å². The maximum atomic E-state index is 13.1. The highest BCUT2D eigenvalue weighted by Crippen LogP contribution is 2.30. The van der Waals surface area contributed by atoms with Gasteiger partial charge in [-0.2, -0.15) is 0 Å². The Balaban J connectivity index is 1.75. The van der Waals surface area contributed by atoms with Gasteiger partial charge in [0.15, 0.2) is 0 Å². The van der Waals surface area contributed by atoms with Crippen molar-refractivity contribution in [3.63, 3.8) is 0 Å². The minimum atomic E-state index is -0.267. The predicted octanol–water partition coefficient (Wildman–Crippen LogP) is 0.787. The van der Waals surface area contributed by atoms with Crippen molar-refractivity contribution in [2.75, 3.05) is 19.6 Å². The van der Waals surface area contributed by atoms with Gasteiger partial charge in [-0.1, -0.05) is 12.1 Å². The topological polar surface area (TPSA) is 70.4 Å². The van der Waals surface area contributed by atoms with Crippen LogP contribution in [0.25, 0.3) is 0 Å². The Morgan fingerprint density at radius 1 is 1.41 bits per heavy atom. The van der Waals surface area contributed by atoms with Gasteiger partial charge < -0.3 is 10.6 Å². The Morgan fingerprint density at radius 2 is 2.14 bits per heavy atom. The number of rotatable bonds is 3. The van der Waals surface area contributed by atoms with Gasteiger partial charge in [-0.15, -0.1) is 0 Å². The molecule has 2 aliphatic heterocycles. The average molecular weight is 306 g/mol. The van der Waals surface area contributed by atoms with Crippen LogP contribution in [0.4, 0.5) is 4.39 Å². The summed E-state index contributed by atoms with van der Waals surface area (Å²) in [7, 11) is 0. The van der Waals surface area contributed by atoms with Crippen molar-refractivity contribution in [1.82, 2.24) is 15.8 Å². The molecule has 4 unspecified atom stereocenters. The fourth-order valence-corrected chi connectivity index (χ4v) is 3.55. The fraction of sp³-hybridized carbons (Fsp3) is 0.562. The van der Waals surface area contributed by atoms with Crippen LogP contribution in [0.1, 0.15) is 24.9 Å². The zero-order valence-corrected chi connectivity index (χ0v) is 12.8. The number of benzene rings is 1. The molecule has 0 saturated carbocycles. The van der Waals surface area contributed by atoms with Crippen LogP contribution < -0.4 is 16.6 Å². The summed E-state index contributed by atoms with van der Waals surface area (Å²) in [5.74, 6) is 0.0989. The van der Waals surface area contributed by atoms with E-state index in [2.05, 4.69) is 17.8 Å². The van der Waals surface area contributed by atoms with Crippen molar-refractivity contribution >= 4 is 5.91 Å². The number of nitrogens with one attached hydrogen (secondary N) is 2. The second-order valence-electron chi connectivity index (χ2n) is 6.34. The third-order valence-electron chi connectivity index (χ3n) is 4.81. The molecule has 0 aromatic heterocycles. The van der Waals surface area contributed by atoms with Crippen LogP contribution in [0.5, 0.6) is 0 Å². The lowest BCUT2D eigenvalue weighted by Crippen LogP contribution is -2.41. The summed E-state index contributed by atoms with van der Waals surface area (Å²) < 4.78 is 13.1. The molecule has 4 N–H and O–H groups in total. The molecule has 1 aromatic rings. The first-order valence-electron chi connectivity index (χ1n) is 7.84. The van der Waals surface area contributed by atoms with Crippen LogP contribution in [0.15, 0.2) is 24.3 Å². The summed E-state index contributed by atoms with van der Waals surface area (Å²) in [5.41, 5.74) is 12.9. The summed E-state index contributed by atoms with van der Waals surface area (Å²) in [6, 6.07) is 6.43. The fourth-order valence-electron chi connectivity index (χ4n) is 3.55. The Hall–Kier alpha value is -1.50. The molecule has 5 nitrogen and oxygen atoms in total. The Morgan fingerprint density at radius 3 is 2.77 bits per heavy atom. The van der Waals surface area contributed by atoms with Gasteiger partial charge in [0.2, 0.25) is 5.91 Å². The molecular formula is C16H23FN4O. The first-order valence-corrected chi connectivity index (χ1v) is 7.84. The van der Waals surface area contributed by atoms with Gasteiger partial charge in [-0.3, -0.25) is 10.2 Å². The SMILES string of the molecule is CC1CC(CN)CN1C(=O)C1CNNC1c1ccc(F)cc1. The molecule has 2 heterocycles. The molecule has 120 valence electrons. The van der Waals surface area contributed by atoms with E-state index in [4.69, 9.17) is 5.73 Å². The number of amides is 1. The van der Waals surface area contributed by atoms with E-state index in [0.29, 0.717) is 19.0 Å². The van der Waals surface area contributed by atoms with Gasteiger partial charge in [0, 0.05) is 19.1 Å². The van der Waals surface area contributed by atoms with Gasteiger partial charge in [0.05, 0.1) is 12.0 Å². The van der Waals surface area contributed by atoms with Gasteiger partial charge >= 0.3 is 0 Å². The molecule has 3 rings (SSSR count). The molecule has 2 saturated heterocycles. The summed E-state index contributed by atoms with van der Waals surface area (Å²) in [6.45, 7) is 4.02. The van der Waals surface area contributed by atoms with Crippen molar-refractivity contribution < 1.29 is 9.18 Å². The van der Waals surface area contributed by atoms with Crippen molar-refractivity contribution in [2.45, 2.75) is 25.4 Å². The van der Waals surface area contributed by atoms with Crippen molar-refractivity contribution in [2.24, 2.45) is 17.6 Å². The van der Waals surface area contributed by atoms with Gasteiger partial charge in [-0.25, -0.2) is 9.82 Å². The lowest BCUT2D eigenvalue weighted by molar-refractivity contribution is -0.136. The molecule has 0 radical (unpaired) electrons. The molecule has 2 fully saturated rings. The van der Waals surface area contributed by atoms with E-state index in [-0.39, 0.29) is 29.7 Å². The van der Waals surface area contributed by atoms with E-state index in [1.165, 1.54) is 12.1 Å². The molecule has 1 aromatic carbocycles. The second-order valence-corrected chi connectivity index (χ2v) is 6.34. The van der Waals surface area contributed by atoms with Crippen LogP contribution in [0, 0.1) is 17.7 Å². The van der Waals surface area contributed by atoms with Crippen molar-refractivity contribution in [1.29, 1.82) is 0 Å². The number of likely N-dealkylation sites (tertiary alicyclic amines) is 1. The quantitative estimate of drug-likeness (QED) is 0.772. The van der Waals surface area contributed by atoms with E-state index in [1.54, 1.807) is 12.1 Å². The van der Waals surface area contributed by atoms with E-state index >= 15 is 0 Å².